The van der Waals surface area contributed by atoms with Crippen LogP contribution in [0.5, 0.6) is 5.75 Å². The van der Waals surface area contributed by atoms with Gasteiger partial charge in [-0.25, -0.2) is 0 Å². The molecule has 0 radical (unpaired) electrons. The van der Waals surface area contributed by atoms with Gasteiger partial charge in [0.15, 0.2) is 6.61 Å². The van der Waals surface area contributed by atoms with Crippen LogP contribution >= 0.6 is 11.6 Å². The highest BCUT2D eigenvalue weighted by Gasteiger charge is 2.06. The summed E-state index contributed by atoms with van der Waals surface area (Å²) in [5.74, 6) is 0.585. The fourth-order valence-corrected chi connectivity index (χ4v) is 1.97. The van der Waals surface area contributed by atoms with E-state index in [1.165, 1.54) is 4.90 Å². The van der Waals surface area contributed by atoms with Gasteiger partial charge in [-0.15, -0.1) is 0 Å². The van der Waals surface area contributed by atoms with Crippen LogP contribution in [0, 0.1) is 13.8 Å². The van der Waals surface area contributed by atoms with E-state index in [1.54, 1.807) is 0 Å². The van der Waals surface area contributed by atoms with E-state index in [9.17, 15) is 4.79 Å². The first-order chi connectivity index (χ1) is 9.40. The standard InChI is InChI=1S/C15H23ClN2O2/c1-11-8-13(9-12(2)15(11)16)20-10-14(19)17-6-5-7-18(3)4/h8-9H,5-7,10H2,1-4H3,(H,17,19)/p+1. The van der Waals surface area contributed by atoms with E-state index < -0.39 is 0 Å². The Kier molecular flexibility index (Phi) is 6.82. The van der Waals surface area contributed by atoms with E-state index >= 15 is 0 Å². The zero-order chi connectivity index (χ0) is 15.1. The molecule has 0 bridgehead atoms. The molecule has 0 fully saturated rings. The third kappa shape index (κ3) is 5.80. The second-order valence-corrected chi connectivity index (χ2v) is 5.70. The predicted molar refractivity (Wildman–Crippen MR) is 81.7 cm³/mol. The fraction of sp³-hybridized carbons (Fsp3) is 0.533. The zero-order valence-corrected chi connectivity index (χ0v) is 13.4. The van der Waals surface area contributed by atoms with Crippen LogP contribution in [0.4, 0.5) is 0 Å². The summed E-state index contributed by atoms with van der Waals surface area (Å²) < 4.78 is 5.49. The number of rotatable bonds is 7. The number of aryl methyl sites for hydroxylation is 2. The van der Waals surface area contributed by atoms with Crippen molar-refractivity contribution in [2.24, 2.45) is 0 Å². The molecule has 1 aromatic carbocycles. The molecule has 0 aliphatic carbocycles. The van der Waals surface area contributed by atoms with Crippen molar-refractivity contribution in [2.75, 3.05) is 33.8 Å². The molecule has 5 heteroatoms. The van der Waals surface area contributed by atoms with E-state index in [4.69, 9.17) is 16.3 Å². The first-order valence-electron chi connectivity index (χ1n) is 6.85. The number of quaternary nitrogens is 1. The highest BCUT2D eigenvalue weighted by Crippen LogP contribution is 2.25. The highest BCUT2D eigenvalue weighted by molar-refractivity contribution is 6.32. The van der Waals surface area contributed by atoms with Gasteiger partial charge in [-0.3, -0.25) is 4.79 Å². The molecule has 0 saturated carbocycles. The number of hydrogen-bond acceptors (Lipinski definition) is 2. The van der Waals surface area contributed by atoms with Crippen molar-refractivity contribution in [1.82, 2.24) is 5.32 Å². The van der Waals surface area contributed by atoms with Gasteiger partial charge in [0.05, 0.1) is 20.6 Å². The van der Waals surface area contributed by atoms with Gasteiger partial charge < -0.3 is 15.0 Å². The van der Waals surface area contributed by atoms with Crippen LogP contribution in [0.25, 0.3) is 0 Å². The van der Waals surface area contributed by atoms with Gasteiger partial charge in [-0.1, -0.05) is 11.6 Å². The van der Waals surface area contributed by atoms with Crippen LogP contribution in [-0.4, -0.2) is 39.7 Å². The Hall–Kier alpha value is -1.26. The summed E-state index contributed by atoms with van der Waals surface area (Å²) >= 11 is 6.09. The van der Waals surface area contributed by atoms with Crippen LogP contribution in [-0.2, 0) is 4.79 Å². The van der Waals surface area contributed by atoms with Gasteiger partial charge in [0.2, 0.25) is 0 Å². The molecule has 1 amide bonds. The Labute approximate surface area is 126 Å². The lowest BCUT2D eigenvalue weighted by molar-refractivity contribution is -0.858. The van der Waals surface area contributed by atoms with Crippen molar-refractivity contribution in [3.8, 4) is 5.75 Å². The Balaban J connectivity index is 2.34. The topological polar surface area (TPSA) is 42.8 Å². The van der Waals surface area contributed by atoms with Crippen LogP contribution in [0.2, 0.25) is 5.02 Å². The Morgan fingerprint density at radius 2 is 1.90 bits per heavy atom. The van der Waals surface area contributed by atoms with Crippen molar-refractivity contribution in [1.29, 1.82) is 0 Å². The molecule has 0 saturated heterocycles. The molecule has 2 N–H and O–H groups in total. The molecular weight excluding hydrogens is 276 g/mol. The molecule has 20 heavy (non-hydrogen) atoms. The lowest BCUT2D eigenvalue weighted by Crippen LogP contribution is -3.05. The number of halogens is 1. The van der Waals surface area contributed by atoms with Gasteiger partial charge in [0.1, 0.15) is 5.75 Å². The zero-order valence-electron chi connectivity index (χ0n) is 12.7. The first-order valence-corrected chi connectivity index (χ1v) is 7.23. The van der Waals surface area contributed by atoms with Gasteiger partial charge in [-0.05, 0) is 37.1 Å². The van der Waals surface area contributed by atoms with E-state index in [0.717, 1.165) is 29.1 Å². The number of hydrogen-bond donors (Lipinski definition) is 2. The largest absolute Gasteiger partial charge is 0.484 e. The molecule has 0 atom stereocenters. The first kappa shape index (κ1) is 16.8. The van der Waals surface area contributed by atoms with Gasteiger partial charge >= 0.3 is 0 Å². The van der Waals surface area contributed by atoms with E-state index in [-0.39, 0.29) is 12.5 Å². The SMILES string of the molecule is Cc1cc(OCC(=O)NCCC[NH+](C)C)cc(C)c1Cl. The molecule has 4 nitrogen and oxygen atoms in total. The lowest BCUT2D eigenvalue weighted by atomic mass is 10.1. The summed E-state index contributed by atoms with van der Waals surface area (Å²) in [4.78, 5) is 13.0. The fourth-order valence-electron chi connectivity index (χ4n) is 1.86. The number of benzene rings is 1. The lowest BCUT2D eigenvalue weighted by Gasteiger charge is -2.11. The molecule has 0 aliphatic heterocycles. The minimum Gasteiger partial charge on any atom is -0.484 e. The minimum absolute atomic E-state index is 0.0370. The molecule has 0 heterocycles. The molecule has 0 unspecified atom stereocenters. The van der Waals surface area contributed by atoms with Gasteiger partial charge in [0.25, 0.3) is 5.91 Å². The van der Waals surface area contributed by atoms with Crippen molar-refractivity contribution in [3.63, 3.8) is 0 Å². The summed E-state index contributed by atoms with van der Waals surface area (Å²) in [7, 11) is 4.19. The second-order valence-electron chi connectivity index (χ2n) is 5.32. The van der Waals surface area contributed by atoms with Crippen LogP contribution < -0.4 is 15.0 Å². The average molecular weight is 300 g/mol. The van der Waals surface area contributed by atoms with Gasteiger partial charge in [0, 0.05) is 18.0 Å². The van der Waals surface area contributed by atoms with E-state index in [2.05, 4.69) is 19.4 Å². The number of ether oxygens (including phenoxy) is 1. The summed E-state index contributed by atoms with van der Waals surface area (Å²) in [6.45, 7) is 5.61. The Morgan fingerprint density at radius 1 is 1.30 bits per heavy atom. The normalized spacial score (nSPS) is 10.7. The summed E-state index contributed by atoms with van der Waals surface area (Å²) in [6, 6.07) is 3.69. The molecular formula is C15H24ClN2O2+. The molecule has 0 aliphatic rings. The van der Waals surface area contributed by atoms with E-state index in [0.29, 0.717) is 12.3 Å². The summed E-state index contributed by atoms with van der Waals surface area (Å²) in [6.07, 6.45) is 0.966. The van der Waals surface area contributed by atoms with Crippen molar-refractivity contribution in [2.45, 2.75) is 20.3 Å². The van der Waals surface area contributed by atoms with Gasteiger partial charge in [-0.2, -0.15) is 0 Å². The maximum absolute atomic E-state index is 11.6. The number of nitrogens with one attached hydrogen (secondary N) is 2. The maximum atomic E-state index is 11.6. The monoisotopic (exact) mass is 299 g/mol. The molecule has 0 spiro atoms. The van der Waals surface area contributed by atoms with Crippen molar-refractivity contribution < 1.29 is 14.4 Å². The number of amides is 1. The number of carbonyl (C=O) groups excluding carboxylic acids is 1. The summed E-state index contributed by atoms with van der Waals surface area (Å²) in [5.41, 5.74) is 1.91. The Bertz CT molecular complexity index is 438. The van der Waals surface area contributed by atoms with Crippen molar-refractivity contribution in [3.05, 3.63) is 28.3 Å². The average Bonchev–Trinajstić information content (AvgIpc) is 2.38. The summed E-state index contributed by atoms with van der Waals surface area (Å²) in [5, 5.41) is 3.59. The van der Waals surface area contributed by atoms with E-state index in [1.807, 2.05) is 26.0 Å². The third-order valence-corrected chi connectivity index (χ3v) is 3.55. The quantitative estimate of drug-likeness (QED) is 0.737. The third-order valence-electron chi connectivity index (χ3n) is 2.96. The highest BCUT2D eigenvalue weighted by atomic mass is 35.5. The van der Waals surface area contributed by atoms with Crippen LogP contribution in [0.1, 0.15) is 17.5 Å². The molecule has 1 rings (SSSR count). The molecule has 112 valence electrons. The molecule has 1 aromatic rings. The maximum Gasteiger partial charge on any atom is 0.257 e. The minimum atomic E-state index is -0.0935. The smallest absolute Gasteiger partial charge is 0.257 e. The second kappa shape index (κ2) is 8.12. The Morgan fingerprint density at radius 3 is 2.45 bits per heavy atom. The number of carbonyl (C=O) groups is 1. The molecule has 0 aromatic heterocycles. The van der Waals surface area contributed by atoms with Crippen LogP contribution in [0.15, 0.2) is 12.1 Å². The predicted octanol–water partition coefficient (Wildman–Crippen LogP) is 0.986. The van der Waals surface area contributed by atoms with Crippen LogP contribution in [0.3, 0.4) is 0 Å². The van der Waals surface area contributed by atoms with Crippen molar-refractivity contribution >= 4 is 17.5 Å².